The Morgan fingerprint density at radius 2 is 2.19 bits per heavy atom. The number of benzene rings is 1. The largest absolute Gasteiger partial charge is 0.487 e. The lowest BCUT2D eigenvalue weighted by Crippen LogP contribution is -2.34. The summed E-state index contributed by atoms with van der Waals surface area (Å²) >= 11 is 0. The van der Waals surface area contributed by atoms with E-state index in [2.05, 4.69) is 20.5 Å². The van der Waals surface area contributed by atoms with Gasteiger partial charge in [-0.2, -0.15) is 0 Å². The van der Waals surface area contributed by atoms with Crippen LogP contribution in [0.15, 0.2) is 41.1 Å². The number of ether oxygens (including phenoxy) is 2. The third-order valence-corrected chi connectivity index (χ3v) is 4.40. The van der Waals surface area contributed by atoms with Crippen molar-refractivity contribution in [1.82, 2.24) is 20.5 Å². The highest BCUT2D eigenvalue weighted by Gasteiger charge is 2.27. The maximum Gasteiger partial charge on any atom is 0.289 e. The Bertz CT molecular complexity index is 968. The van der Waals surface area contributed by atoms with Crippen molar-refractivity contribution in [2.45, 2.75) is 19.4 Å². The van der Waals surface area contributed by atoms with Gasteiger partial charge in [-0.1, -0.05) is 12.1 Å². The summed E-state index contributed by atoms with van der Waals surface area (Å²) in [6.45, 7) is 2.09. The van der Waals surface area contributed by atoms with Crippen molar-refractivity contribution in [2.75, 3.05) is 13.7 Å². The first-order chi connectivity index (χ1) is 13.2. The van der Waals surface area contributed by atoms with Crippen LogP contribution in [0.1, 0.15) is 21.8 Å². The molecule has 27 heavy (non-hydrogen) atoms. The number of hydrogen-bond acceptors (Lipinski definition) is 7. The summed E-state index contributed by atoms with van der Waals surface area (Å²) in [4.78, 5) is 16.1. The van der Waals surface area contributed by atoms with Crippen LogP contribution in [0, 0.1) is 6.92 Å². The van der Waals surface area contributed by atoms with E-state index in [1.54, 1.807) is 20.1 Å². The molecule has 0 saturated heterocycles. The van der Waals surface area contributed by atoms with Crippen LogP contribution in [0.4, 0.5) is 0 Å². The number of para-hydroxylation sites is 1. The highest BCUT2D eigenvalue weighted by molar-refractivity contribution is 5.92. The zero-order valence-corrected chi connectivity index (χ0v) is 14.9. The van der Waals surface area contributed by atoms with E-state index in [0.29, 0.717) is 30.2 Å². The third-order valence-electron chi connectivity index (χ3n) is 4.40. The second kappa shape index (κ2) is 7.06. The van der Waals surface area contributed by atoms with Crippen molar-refractivity contribution in [3.8, 4) is 22.9 Å². The molecule has 1 amide bonds. The molecule has 0 saturated carbocycles. The number of aromatic nitrogens is 3. The SMILES string of the molecule is COc1ccc(-c2cccc3c2OC(CNC(=O)c2ocnc2C)C3)nn1. The lowest BCUT2D eigenvalue weighted by Gasteiger charge is -2.13. The minimum Gasteiger partial charge on any atom is -0.487 e. The van der Waals surface area contributed by atoms with Crippen LogP contribution in [0.5, 0.6) is 11.6 Å². The average molecular weight is 366 g/mol. The smallest absolute Gasteiger partial charge is 0.289 e. The van der Waals surface area contributed by atoms with E-state index >= 15 is 0 Å². The fourth-order valence-electron chi connectivity index (χ4n) is 3.03. The van der Waals surface area contributed by atoms with E-state index < -0.39 is 0 Å². The molecule has 8 nitrogen and oxygen atoms in total. The molecule has 3 aromatic rings. The Hall–Kier alpha value is -3.42. The molecule has 0 radical (unpaired) electrons. The van der Waals surface area contributed by atoms with Crippen molar-refractivity contribution in [3.63, 3.8) is 0 Å². The average Bonchev–Trinajstić information content (AvgIpc) is 3.31. The number of aryl methyl sites for hydroxylation is 1. The highest BCUT2D eigenvalue weighted by Crippen LogP contribution is 2.37. The van der Waals surface area contributed by atoms with Gasteiger partial charge in [0, 0.05) is 18.1 Å². The fraction of sp³-hybridized carbons (Fsp3) is 0.263. The van der Waals surface area contributed by atoms with E-state index in [0.717, 1.165) is 16.9 Å². The predicted molar refractivity (Wildman–Crippen MR) is 95.7 cm³/mol. The van der Waals surface area contributed by atoms with Gasteiger partial charge >= 0.3 is 0 Å². The minimum absolute atomic E-state index is 0.167. The number of nitrogens with zero attached hydrogens (tertiary/aromatic N) is 3. The first-order valence-corrected chi connectivity index (χ1v) is 8.50. The van der Waals surface area contributed by atoms with Crippen molar-refractivity contribution < 1.29 is 18.7 Å². The number of carbonyl (C=O) groups is 1. The minimum atomic E-state index is -0.300. The van der Waals surface area contributed by atoms with Gasteiger partial charge in [0.05, 0.1) is 25.0 Å². The Morgan fingerprint density at radius 3 is 2.89 bits per heavy atom. The van der Waals surface area contributed by atoms with Gasteiger partial charge in [0.15, 0.2) is 6.39 Å². The lowest BCUT2D eigenvalue weighted by atomic mass is 10.0. The second-order valence-electron chi connectivity index (χ2n) is 6.18. The topological polar surface area (TPSA) is 99.4 Å². The first-order valence-electron chi connectivity index (χ1n) is 8.50. The molecule has 4 rings (SSSR count). The molecular weight excluding hydrogens is 348 g/mol. The van der Waals surface area contributed by atoms with Crippen LogP contribution in [-0.2, 0) is 6.42 Å². The molecule has 3 heterocycles. The van der Waals surface area contributed by atoms with Crippen LogP contribution >= 0.6 is 0 Å². The monoisotopic (exact) mass is 366 g/mol. The predicted octanol–water partition coefficient (Wildman–Crippen LogP) is 2.18. The van der Waals surface area contributed by atoms with Crippen molar-refractivity contribution in [2.24, 2.45) is 0 Å². The number of carbonyl (C=O) groups excluding carboxylic acids is 1. The van der Waals surface area contributed by atoms with Gasteiger partial charge in [0.2, 0.25) is 11.6 Å². The van der Waals surface area contributed by atoms with E-state index in [4.69, 9.17) is 13.9 Å². The Kier molecular flexibility index (Phi) is 4.45. The number of hydrogen-bond donors (Lipinski definition) is 1. The van der Waals surface area contributed by atoms with E-state index in [1.807, 2.05) is 24.3 Å². The standard InChI is InChI=1S/C19H18N4O4/c1-11-17(26-10-21-11)19(24)20-9-13-8-12-4-3-5-14(18(12)27-13)15-6-7-16(25-2)23-22-15/h3-7,10,13H,8-9H2,1-2H3,(H,20,24). The van der Waals surface area contributed by atoms with Gasteiger partial charge in [0.25, 0.3) is 5.91 Å². The van der Waals surface area contributed by atoms with Gasteiger partial charge in [-0.15, -0.1) is 10.2 Å². The van der Waals surface area contributed by atoms with Crippen LogP contribution in [0.25, 0.3) is 11.3 Å². The van der Waals surface area contributed by atoms with Gasteiger partial charge in [-0.25, -0.2) is 4.98 Å². The molecule has 0 aliphatic carbocycles. The molecule has 2 aromatic heterocycles. The summed E-state index contributed by atoms with van der Waals surface area (Å²) in [5, 5.41) is 11.0. The fourth-order valence-corrected chi connectivity index (χ4v) is 3.03. The highest BCUT2D eigenvalue weighted by atomic mass is 16.5. The van der Waals surface area contributed by atoms with Crippen molar-refractivity contribution in [3.05, 3.63) is 53.7 Å². The molecule has 1 aliphatic heterocycles. The van der Waals surface area contributed by atoms with Gasteiger partial charge in [-0.05, 0) is 24.6 Å². The van der Waals surface area contributed by atoms with E-state index in [-0.39, 0.29) is 17.8 Å². The second-order valence-corrected chi connectivity index (χ2v) is 6.18. The van der Waals surface area contributed by atoms with Crippen LogP contribution < -0.4 is 14.8 Å². The zero-order chi connectivity index (χ0) is 18.8. The zero-order valence-electron chi connectivity index (χ0n) is 14.9. The van der Waals surface area contributed by atoms with Crippen LogP contribution in [-0.4, -0.2) is 40.8 Å². The number of oxazole rings is 1. The number of fused-ring (bicyclic) bond motifs is 1. The third kappa shape index (κ3) is 3.33. The molecule has 0 fully saturated rings. The Labute approximate surface area is 155 Å². The summed E-state index contributed by atoms with van der Waals surface area (Å²) in [6.07, 6.45) is 1.79. The molecule has 138 valence electrons. The van der Waals surface area contributed by atoms with Crippen molar-refractivity contribution in [1.29, 1.82) is 0 Å². The number of methoxy groups -OCH3 is 1. The maximum absolute atomic E-state index is 12.2. The van der Waals surface area contributed by atoms with Crippen LogP contribution in [0.3, 0.4) is 0 Å². The number of rotatable bonds is 5. The maximum atomic E-state index is 12.2. The molecule has 8 heteroatoms. The van der Waals surface area contributed by atoms with Gasteiger partial charge in [-0.3, -0.25) is 4.79 Å². The molecule has 1 atom stereocenters. The Morgan fingerprint density at radius 1 is 1.30 bits per heavy atom. The molecule has 1 N–H and O–H groups in total. The molecule has 0 spiro atoms. The normalized spacial score (nSPS) is 15.1. The molecule has 1 aliphatic rings. The molecule has 0 bridgehead atoms. The summed E-state index contributed by atoms with van der Waals surface area (Å²) in [5.41, 5.74) is 3.20. The number of nitrogens with one attached hydrogen (secondary N) is 1. The molecule has 1 unspecified atom stereocenters. The number of amides is 1. The summed E-state index contributed by atoms with van der Waals surface area (Å²) in [5.74, 6) is 1.15. The molecule has 1 aromatic carbocycles. The van der Waals surface area contributed by atoms with Gasteiger partial charge < -0.3 is 19.2 Å². The first kappa shape index (κ1) is 17.0. The van der Waals surface area contributed by atoms with E-state index in [9.17, 15) is 4.79 Å². The Balaban J connectivity index is 1.47. The summed E-state index contributed by atoms with van der Waals surface area (Å²) < 4.78 is 16.2. The van der Waals surface area contributed by atoms with Crippen molar-refractivity contribution >= 4 is 5.91 Å². The summed E-state index contributed by atoms with van der Waals surface area (Å²) in [6, 6.07) is 9.51. The lowest BCUT2D eigenvalue weighted by molar-refractivity contribution is 0.0905. The van der Waals surface area contributed by atoms with E-state index in [1.165, 1.54) is 6.39 Å². The molecular formula is C19H18N4O4. The quantitative estimate of drug-likeness (QED) is 0.739. The van der Waals surface area contributed by atoms with Gasteiger partial charge in [0.1, 0.15) is 11.9 Å². The van der Waals surface area contributed by atoms with Crippen LogP contribution in [0.2, 0.25) is 0 Å². The summed E-state index contributed by atoms with van der Waals surface area (Å²) in [7, 11) is 1.55.